The van der Waals surface area contributed by atoms with Crippen LogP contribution in [-0.2, 0) is 0 Å². The van der Waals surface area contributed by atoms with Gasteiger partial charge in [0.15, 0.2) is 0 Å². The van der Waals surface area contributed by atoms with Crippen molar-refractivity contribution in [3.05, 3.63) is 24.0 Å². The van der Waals surface area contributed by atoms with Crippen molar-refractivity contribution in [2.45, 2.75) is 37.6 Å². The molecule has 0 aromatic carbocycles. The topological polar surface area (TPSA) is 54.4 Å². The Bertz CT molecular complexity index is 442. The zero-order valence-corrected chi connectivity index (χ0v) is 11.1. The second-order valence-corrected chi connectivity index (χ2v) is 5.04. The molecule has 2 N–H and O–H groups in total. The third-order valence-electron chi connectivity index (χ3n) is 3.71. The van der Waals surface area contributed by atoms with Gasteiger partial charge in [0.1, 0.15) is 5.75 Å². The highest BCUT2D eigenvalue weighted by molar-refractivity contribution is 5.23. The van der Waals surface area contributed by atoms with Crippen LogP contribution in [0.4, 0.5) is 13.2 Å². The number of aliphatic hydroxyl groups is 1. The van der Waals surface area contributed by atoms with Crippen molar-refractivity contribution in [1.29, 1.82) is 0 Å². The van der Waals surface area contributed by atoms with E-state index >= 15 is 0 Å². The number of nitrogens with zero attached hydrogens (tertiary/aromatic N) is 1. The van der Waals surface area contributed by atoms with Gasteiger partial charge in [-0.15, -0.1) is 13.2 Å². The molecule has 1 aliphatic heterocycles. The van der Waals surface area contributed by atoms with Crippen LogP contribution in [0.5, 0.6) is 5.75 Å². The molecular formula is C13H17F3N2O2. The molecule has 1 aromatic heterocycles. The minimum atomic E-state index is -4.72. The van der Waals surface area contributed by atoms with Gasteiger partial charge in [-0.1, -0.05) is 6.92 Å². The largest absolute Gasteiger partial charge is 0.573 e. The van der Waals surface area contributed by atoms with E-state index in [2.05, 4.69) is 15.0 Å². The molecule has 4 nitrogen and oxygen atoms in total. The molecule has 0 spiro atoms. The standard InChI is InChI=1S/C13H17F3N2O2/c1-9(12(19)4-6-17-7-5-12)11-3-2-10(8-18-11)20-13(14,15)16/h2-3,8-9,17,19H,4-7H2,1H3/t9-/m1/s1. The van der Waals surface area contributed by atoms with Gasteiger partial charge >= 0.3 is 6.36 Å². The summed E-state index contributed by atoms with van der Waals surface area (Å²) in [5, 5.41) is 13.7. The lowest BCUT2D eigenvalue weighted by molar-refractivity contribution is -0.274. The average Bonchev–Trinajstić information content (AvgIpc) is 2.38. The third kappa shape index (κ3) is 3.61. The fraction of sp³-hybridized carbons (Fsp3) is 0.615. The molecule has 1 aromatic rings. The van der Waals surface area contributed by atoms with Crippen molar-refractivity contribution in [2.75, 3.05) is 13.1 Å². The van der Waals surface area contributed by atoms with Gasteiger partial charge in [-0.05, 0) is 38.1 Å². The van der Waals surface area contributed by atoms with Crippen LogP contribution in [0, 0.1) is 0 Å². The first-order chi connectivity index (χ1) is 9.30. The molecule has 0 amide bonds. The number of hydrogen-bond acceptors (Lipinski definition) is 4. The molecule has 1 atom stereocenters. The summed E-state index contributed by atoms with van der Waals surface area (Å²) < 4.78 is 39.9. The molecule has 0 saturated carbocycles. The first-order valence-electron chi connectivity index (χ1n) is 6.45. The molecule has 1 aliphatic rings. The van der Waals surface area contributed by atoms with Crippen LogP contribution in [-0.4, -0.2) is 35.1 Å². The molecule has 2 heterocycles. The van der Waals surface area contributed by atoms with Crippen LogP contribution in [0.15, 0.2) is 18.3 Å². The van der Waals surface area contributed by atoms with Crippen LogP contribution in [0.3, 0.4) is 0 Å². The molecule has 0 radical (unpaired) electrons. The van der Waals surface area contributed by atoms with Crippen LogP contribution < -0.4 is 10.1 Å². The number of halogens is 3. The van der Waals surface area contributed by atoms with Gasteiger partial charge in [-0.3, -0.25) is 4.98 Å². The molecule has 0 unspecified atom stereocenters. The van der Waals surface area contributed by atoms with E-state index in [1.165, 1.54) is 12.1 Å². The van der Waals surface area contributed by atoms with Gasteiger partial charge < -0.3 is 15.2 Å². The van der Waals surface area contributed by atoms with Gasteiger partial charge in [-0.25, -0.2) is 0 Å². The van der Waals surface area contributed by atoms with Crippen LogP contribution >= 0.6 is 0 Å². The van der Waals surface area contributed by atoms with Gasteiger partial charge in [0.25, 0.3) is 0 Å². The Morgan fingerprint density at radius 2 is 2.00 bits per heavy atom. The zero-order valence-electron chi connectivity index (χ0n) is 11.1. The fourth-order valence-corrected chi connectivity index (χ4v) is 2.41. The Morgan fingerprint density at radius 3 is 2.50 bits per heavy atom. The highest BCUT2D eigenvalue weighted by Gasteiger charge is 2.37. The molecule has 20 heavy (non-hydrogen) atoms. The van der Waals surface area contributed by atoms with Crippen molar-refractivity contribution in [3.8, 4) is 5.75 Å². The van der Waals surface area contributed by atoms with Crippen LogP contribution in [0.1, 0.15) is 31.4 Å². The minimum Gasteiger partial charge on any atom is -0.404 e. The predicted octanol–water partition coefficient (Wildman–Crippen LogP) is 2.20. The first kappa shape index (κ1) is 15.1. The Hall–Kier alpha value is -1.34. The van der Waals surface area contributed by atoms with Gasteiger partial charge in [0.05, 0.1) is 11.8 Å². The molecule has 2 rings (SSSR count). The number of aromatic nitrogens is 1. The van der Waals surface area contributed by atoms with E-state index < -0.39 is 12.0 Å². The minimum absolute atomic E-state index is 0.246. The maximum atomic E-state index is 12.1. The predicted molar refractivity (Wildman–Crippen MR) is 66.4 cm³/mol. The molecule has 1 saturated heterocycles. The lowest BCUT2D eigenvalue weighted by Gasteiger charge is -2.37. The number of hydrogen-bond donors (Lipinski definition) is 2. The van der Waals surface area contributed by atoms with E-state index in [0.717, 1.165) is 19.3 Å². The maximum absolute atomic E-state index is 12.1. The van der Waals surface area contributed by atoms with E-state index in [1.54, 1.807) is 0 Å². The van der Waals surface area contributed by atoms with Crippen LogP contribution in [0.2, 0.25) is 0 Å². The maximum Gasteiger partial charge on any atom is 0.573 e. The van der Waals surface area contributed by atoms with Crippen molar-refractivity contribution in [3.63, 3.8) is 0 Å². The smallest absolute Gasteiger partial charge is 0.404 e. The summed E-state index contributed by atoms with van der Waals surface area (Å²) in [5.41, 5.74) is -0.311. The monoisotopic (exact) mass is 290 g/mol. The van der Waals surface area contributed by atoms with Crippen molar-refractivity contribution in [2.24, 2.45) is 0 Å². The molecule has 1 fully saturated rings. The Balaban J connectivity index is 2.09. The second-order valence-electron chi connectivity index (χ2n) is 5.04. The highest BCUT2D eigenvalue weighted by Crippen LogP contribution is 2.34. The van der Waals surface area contributed by atoms with E-state index in [-0.39, 0.29) is 11.7 Å². The number of rotatable bonds is 3. The number of piperidine rings is 1. The zero-order chi connectivity index (χ0) is 14.8. The van der Waals surface area contributed by atoms with E-state index in [4.69, 9.17) is 0 Å². The number of alkyl halides is 3. The summed E-state index contributed by atoms with van der Waals surface area (Å²) in [5.74, 6) is -0.602. The molecule has 7 heteroatoms. The highest BCUT2D eigenvalue weighted by atomic mass is 19.4. The number of ether oxygens (including phenoxy) is 1. The molecular weight excluding hydrogens is 273 g/mol. The van der Waals surface area contributed by atoms with Crippen molar-refractivity contribution in [1.82, 2.24) is 10.3 Å². The summed E-state index contributed by atoms with van der Waals surface area (Å²) in [7, 11) is 0. The quantitative estimate of drug-likeness (QED) is 0.896. The summed E-state index contributed by atoms with van der Waals surface area (Å²) >= 11 is 0. The van der Waals surface area contributed by atoms with E-state index in [9.17, 15) is 18.3 Å². The van der Waals surface area contributed by atoms with Crippen molar-refractivity contribution >= 4 is 0 Å². The third-order valence-corrected chi connectivity index (χ3v) is 3.71. The first-order valence-corrected chi connectivity index (χ1v) is 6.45. The van der Waals surface area contributed by atoms with E-state index in [1.807, 2.05) is 6.92 Å². The number of pyridine rings is 1. The summed E-state index contributed by atoms with van der Waals surface area (Å²) in [4.78, 5) is 3.98. The summed E-state index contributed by atoms with van der Waals surface area (Å²) in [6.07, 6.45) is -2.50. The van der Waals surface area contributed by atoms with Crippen LogP contribution in [0.25, 0.3) is 0 Å². The van der Waals surface area contributed by atoms with Crippen molar-refractivity contribution < 1.29 is 23.0 Å². The lowest BCUT2D eigenvalue weighted by Crippen LogP contribution is -2.45. The Labute approximate surface area is 115 Å². The molecule has 112 valence electrons. The molecule has 0 bridgehead atoms. The second kappa shape index (κ2) is 5.57. The fourth-order valence-electron chi connectivity index (χ4n) is 2.41. The Kier molecular flexibility index (Phi) is 4.19. The molecule has 0 aliphatic carbocycles. The van der Waals surface area contributed by atoms with Gasteiger partial charge in [-0.2, -0.15) is 0 Å². The summed E-state index contributed by atoms with van der Waals surface area (Å²) in [6, 6.07) is 2.68. The summed E-state index contributed by atoms with van der Waals surface area (Å²) in [6.45, 7) is 3.27. The number of nitrogens with one attached hydrogen (secondary N) is 1. The van der Waals surface area contributed by atoms with Gasteiger partial charge in [0.2, 0.25) is 0 Å². The van der Waals surface area contributed by atoms with Gasteiger partial charge in [0, 0.05) is 11.6 Å². The normalized spacial score (nSPS) is 20.4. The van der Waals surface area contributed by atoms with E-state index in [0.29, 0.717) is 18.5 Å². The average molecular weight is 290 g/mol. The Morgan fingerprint density at radius 1 is 1.35 bits per heavy atom. The lowest BCUT2D eigenvalue weighted by atomic mass is 9.79. The SMILES string of the molecule is C[C@H](c1ccc(OC(F)(F)F)cn1)C1(O)CCNCC1.